The van der Waals surface area contributed by atoms with Crippen LogP contribution >= 0.6 is 0 Å². The van der Waals surface area contributed by atoms with Crippen molar-refractivity contribution in [3.05, 3.63) is 172 Å². The number of fused-ring (bicyclic) bond motifs is 11. The monoisotopic (exact) mass is 568 g/mol. The van der Waals surface area contributed by atoms with Crippen LogP contribution in [0.3, 0.4) is 0 Å². The molecule has 2 aliphatic heterocycles. The molecule has 0 aromatic heterocycles. The Morgan fingerprint density at radius 1 is 0.750 bits per heavy atom. The van der Waals surface area contributed by atoms with Crippen molar-refractivity contribution < 1.29 is 0 Å². The molecule has 2 nitrogen and oxygen atoms in total. The minimum atomic E-state index is 0.359. The average Bonchev–Trinajstić information content (AvgIpc) is 3.62. The standard InChI is InChI=1S/C42H36N2/c1-2-12-30-27(11-1)21-26-34-31-13-3-4-16-35(31)42-41(40(30)34)36-17-7-10-20-39(36)44(42)29-24-22-28(23-25-29)43-37-18-8-5-14-32(37)33-15-6-9-19-38(33)43/h1-6,8-16,18,20-22,24-26,28,35,38,40-42H,7,17,19,23H2/t28?,35?,38?,40?,41-,42?/m1/s1. The molecule has 0 N–H and O–H groups in total. The van der Waals surface area contributed by atoms with Gasteiger partial charge in [-0.3, -0.25) is 0 Å². The molecule has 0 saturated carbocycles. The maximum atomic E-state index is 2.76. The smallest absolute Gasteiger partial charge is 0.0590 e. The summed E-state index contributed by atoms with van der Waals surface area (Å²) >= 11 is 0. The highest BCUT2D eigenvalue weighted by molar-refractivity contribution is 5.90. The van der Waals surface area contributed by atoms with E-state index in [2.05, 4.69) is 143 Å². The first-order chi connectivity index (χ1) is 21.9. The van der Waals surface area contributed by atoms with Crippen LogP contribution in [0.15, 0.2) is 156 Å². The molecule has 8 aliphatic rings. The zero-order chi connectivity index (χ0) is 28.8. The van der Waals surface area contributed by atoms with E-state index in [4.69, 9.17) is 0 Å². The van der Waals surface area contributed by atoms with Crippen molar-refractivity contribution in [2.75, 3.05) is 4.90 Å². The fraction of sp³-hybridized carbons (Fsp3) is 0.238. The molecule has 6 aliphatic carbocycles. The Balaban J connectivity index is 1.06. The lowest BCUT2D eigenvalue weighted by Gasteiger charge is -2.47. The normalized spacial score (nSPS) is 31.6. The summed E-state index contributed by atoms with van der Waals surface area (Å²) in [6.07, 6.45) is 37.9. The zero-order valence-electron chi connectivity index (χ0n) is 24.9. The Morgan fingerprint density at radius 2 is 1.68 bits per heavy atom. The zero-order valence-corrected chi connectivity index (χ0v) is 24.9. The molecular weight excluding hydrogens is 532 g/mol. The highest BCUT2D eigenvalue weighted by atomic mass is 15.2. The van der Waals surface area contributed by atoms with Crippen LogP contribution in [-0.2, 0) is 0 Å². The van der Waals surface area contributed by atoms with Crippen molar-refractivity contribution in [3.63, 3.8) is 0 Å². The first-order valence-corrected chi connectivity index (χ1v) is 16.5. The fourth-order valence-corrected chi connectivity index (χ4v) is 9.72. The Kier molecular flexibility index (Phi) is 5.34. The van der Waals surface area contributed by atoms with Gasteiger partial charge in [-0.05, 0) is 77.3 Å². The van der Waals surface area contributed by atoms with Gasteiger partial charge in [0.25, 0.3) is 0 Å². The number of para-hydroxylation sites is 1. The molecule has 6 atom stereocenters. The van der Waals surface area contributed by atoms with E-state index in [-0.39, 0.29) is 0 Å². The molecule has 0 saturated heterocycles. The van der Waals surface area contributed by atoms with E-state index in [1.54, 1.807) is 5.57 Å². The average molecular weight is 569 g/mol. The van der Waals surface area contributed by atoms with E-state index in [0.717, 1.165) is 25.7 Å². The van der Waals surface area contributed by atoms with Gasteiger partial charge in [0.2, 0.25) is 0 Å². The molecular formula is C42H36N2. The van der Waals surface area contributed by atoms with Crippen molar-refractivity contribution in [2.24, 2.45) is 11.8 Å². The highest BCUT2D eigenvalue weighted by Gasteiger charge is 2.53. The van der Waals surface area contributed by atoms with Gasteiger partial charge in [0.05, 0.1) is 18.1 Å². The lowest BCUT2D eigenvalue weighted by atomic mass is 9.60. The topological polar surface area (TPSA) is 6.48 Å². The summed E-state index contributed by atoms with van der Waals surface area (Å²) < 4.78 is 0. The molecule has 2 heterocycles. The Hall–Kier alpha value is -4.56. The number of hydrogen-bond acceptors (Lipinski definition) is 2. The molecule has 0 bridgehead atoms. The molecule has 0 amide bonds. The van der Waals surface area contributed by atoms with Crippen molar-refractivity contribution >= 4 is 17.3 Å². The van der Waals surface area contributed by atoms with Crippen LogP contribution in [0.1, 0.15) is 48.3 Å². The van der Waals surface area contributed by atoms with Crippen LogP contribution in [0.4, 0.5) is 5.69 Å². The second-order valence-electron chi connectivity index (χ2n) is 13.4. The van der Waals surface area contributed by atoms with Crippen molar-refractivity contribution in [3.8, 4) is 0 Å². The molecule has 2 heteroatoms. The second-order valence-corrected chi connectivity index (χ2v) is 13.4. The maximum absolute atomic E-state index is 2.76. The summed E-state index contributed by atoms with van der Waals surface area (Å²) in [4.78, 5) is 5.46. The van der Waals surface area contributed by atoms with Gasteiger partial charge in [-0.15, -0.1) is 0 Å². The van der Waals surface area contributed by atoms with Crippen LogP contribution in [0.2, 0.25) is 0 Å². The number of allylic oxidation sites excluding steroid dienone is 10. The third kappa shape index (κ3) is 3.37. The Morgan fingerprint density at radius 3 is 2.64 bits per heavy atom. The minimum absolute atomic E-state index is 0.359. The number of anilines is 1. The van der Waals surface area contributed by atoms with Crippen molar-refractivity contribution in [2.45, 2.75) is 49.7 Å². The van der Waals surface area contributed by atoms with E-state index in [0.29, 0.717) is 35.9 Å². The van der Waals surface area contributed by atoms with Gasteiger partial charge in [-0.2, -0.15) is 0 Å². The second kappa shape index (κ2) is 9.47. The fourth-order valence-electron chi connectivity index (χ4n) is 9.72. The van der Waals surface area contributed by atoms with E-state index in [9.17, 15) is 0 Å². The summed E-state index contributed by atoms with van der Waals surface area (Å²) in [5.74, 6) is 1.25. The molecule has 0 radical (unpaired) electrons. The molecule has 0 spiro atoms. The van der Waals surface area contributed by atoms with Crippen molar-refractivity contribution in [1.29, 1.82) is 0 Å². The van der Waals surface area contributed by atoms with Crippen molar-refractivity contribution in [1.82, 2.24) is 4.90 Å². The van der Waals surface area contributed by atoms with Crippen LogP contribution in [-0.4, -0.2) is 23.0 Å². The molecule has 2 aromatic carbocycles. The molecule has 214 valence electrons. The first kappa shape index (κ1) is 24.8. The van der Waals surface area contributed by atoms with Gasteiger partial charge in [0.15, 0.2) is 0 Å². The number of hydrogen-bond donors (Lipinski definition) is 0. The summed E-state index contributed by atoms with van der Waals surface area (Å²) in [5.41, 5.74) is 14.7. The summed E-state index contributed by atoms with van der Waals surface area (Å²) in [5, 5.41) is 0. The molecule has 5 unspecified atom stereocenters. The van der Waals surface area contributed by atoms with Gasteiger partial charge in [-0.25, -0.2) is 0 Å². The van der Waals surface area contributed by atoms with Gasteiger partial charge >= 0.3 is 0 Å². The van der Waals surface area contributed by atoms with Crippen LogP contribution in [0.25, 0.3) is 11.6 Å². The third-order valence-electron chi connectivity index (χ3n) is 11.4. The van der Waals surface area contributed by atoms with Crippen LogP contribution < -0.4 is 4.90 Å². The first-order valence-electron chi connectivity index (χ1n) is 16.5. The van der Waals surface area contributed by atoms with E-state index in [1.165, 1.54) is 50.5 Å². The van der Waals surface area contributed by atoms with Crippen LogP contribution in [0.5, 0.6) is 0 Å². The summed E-state index contributed by atoms with van der Waals surface area (Å²) in [6, 6.07) is 19.3. The number of benzene rings is 2. The van der Waals surface area contributed by atoms with E-state index < -0.39 is 0 Å². The lowest BCUT2D eigenvalue weighted by molar-refractivity contribution is 0.228. The van der Waals surface area contributed by atoms with E-state index >= 15 is 0 Å². The third-order valence-corrected chi connectivity index (χ3v) is 11.4. The predicted molar refractivity (Wildman–Crippen MR) is 182 cm³/mol. The van der Waals surface area contributed by atoms with E-state index in [1.807, 2.05) is 0 Å². The minimum Gasteiger partial charge on any atom is -0.357 e. The highest BCUT2D eigenvalue weighted by Crippen LogP contribution is 2.59. The Labute approximate surface area is 260 Å². The van der Waals surface area contributed by atoms with Crippen LogP contribution in [0, 0.1) is 11.8 Å². The largest absolute Gasteiger partial charge is 0.357 e. The van der Waals surface area contributed by atoms with Gasteiger partial charge in [0, 0.05) is 40.4 Å². The van der Waals surface area contributed by atoms with Gasteiger partial charge in [-0.1, -0.05) is 115 Å². The lowest BCUT2D eigenvalue weighted by Crippen LogP contribution is -2.46. The molecule has 10 rings (SSSR count). The Bertz CT molecular complexity index is 1920. The summed E-state index contributed by atoms with van der Waals surface area (Å²) in [6.45, 7) is 0. The number of nitrogens with zero attached hydrogens (tertiary/aromatic N) is 2. The molecule has 2 aromatic rings. The van der Waals surface area contributed by atoms with Gasteiger partial charge in [0.1, 0.15) is 0 Å². The van der Waals surface area contributed by atoms with Gasteiger partial charge < -0.3 is 9.80 Å². The SMILES string of the molecule is C1=CCC2C(=C1)c1ccccc1N2C1C=CC(N2C3=C(CCC=C3)[C@@H]3C4C(=C5C=CC=CC5C32)C=Cc2ccccc24)=CC1. The summed E-state index contributed by atoms with van der Waals surface area (Å²) in [7, 11) is 0. The molecule has 0 fully saturated rings. The quantitative estimate of drug-likeness (QED) is 0.356. The predicted octanol–water partition coefficient (Wildman–Crippen LogP) is 9.20. The maximum Gasteiger partial charge on any atom is 0.0590 e. The molecule has 44 heavy (non-hydrogen) atoms. The number of rotatable bonds is 2.